The highest BCUT2D eigenvalue weighted by Crippen LogP contribution is 2.21. The fourth-order valence-corrected chi connectivity index (χ4v) is 1.86. The van der Waals surface area contributed by atoms with Crippen LogP contribution in [0.1, 0.15) is 0 Å². The maximum absolute atomic E-state index is 11.0. The lowest BCUT2D eigenvalue weighted by Crippen LogP contribution is -1.92. The molecule has 0 amide bonds. The van der Waals surface area contributed by atoms with Gasteiger partial charge in [-0.1, -0.05) is 0 Å². The molecular formula is C7H5Cl2N3O4S. The van der Waals surface area contributed by atoms with Gasteiger partial charge in [-0.05, 0) is 6.07 Å². The van der Waals surface area contributed by atoms with Gasteiger partial charge in [0.2, 0.25) is 5.16 Å². The Morgan fingerprint density at radius 1 is 1.41 bits per heavy atom. The average molecular weight is 298 g/mol. The first kappa shape index (κ1) is 13.7. The third-order valence-corrected chi connectivity index (χ3v) is 2.98. The Morgan fingerprint density at radius 3 is 2.59 bits per heavy atom. The first-order chi connectivity index (χ1) is 7.38. The molecule has 0 atom stereocenters. The van der Waals surface area contributed by atoms with Crippen LogP contribution in [0.4, 0.5) is 5.69 Å². The van der Waals surface area contributed by atoms with Gasteiger partial charge in [0, 0.05) is 22.8 Å². The number of imidazole rings is 1. The molecule has 0 unspecified atom stereocenters. The van der Waals surface area contributed by atoms with Gasteiger partial charge in [-0.2, -0.15) is 0 Å². The van der Waals surface area contributed by atoms with E-state index in [-0.39, 0.29) is 23.6 Å². The van der Waals surface area contributed by atoms with Gasteiger partial charge in [0.05, 0.1) is 16.0 Å². The van der Waals surface area contributed by atoms with E-state index < -0.39 is 19.1 Å². The van der Waals surface area contributed by atoms with E-state index >= 15 is 0 Å². The predicted octanol–water partition coefficient (Wildman–Crippen LogP) is 1.82. The highest BCUT2D eigenvalue weighted by Gasteiger charge is 2.17. The maximum atomic E-state index is 11.0. The van der Waals surface area contributed by atoms with E-state index in [0.717, 1.165) is 6.07 Å². The van der Waals surface area contributed by atoms with Crippen molar-refractivity contribution in [3.63, 3.8) is 0 Å². The van der Waals surface area contributed by atoms with Crippen molar-refractivity contribution in [2.75, 3.05) is 0 Å². The lowest BCUT2D eigenvalue weighted by Gasteiger charge is -1.89. The number of nitrogens with zero attached hydrogens (tertiary/aromatic N) is 2. The van der Waals surface area contributed by atoms with Crippen molar-refractivity contribution in [1.82, 2.24) is 9.97 Å². The van der Waals surface area contributed by atoms with Crippen LogP contribution in [0.15, 0.2) is 23.4 Å². The molecule has 0 bridgehead atoms. The molecule has 10 heteroatoms. The van der Waals surface area contributed by atoms with Crippen LogP contribution in [-0.2, 0) is 9.05 Å². The molecule has 2 aromatic rings. The summed E-state index contributed by atoms with van der Waals surface area (Å²) >= 11 is 0. The molecule has 0 saturated carbocycles. The molecule has 92 valence electrons. The van der Waals surface area contributed by atoms with Crippen LogP contribution >= 0.6 is 23.1 Å². The number of benzene rings is 1. The summed E-state index contributed by atoms with van der Waals surface area (Å²) in [6, 6.07) is 3.77. The summed E-state index contributed by atoms with van der Waals surface area (Å²) in [5.41, 5.74) is 0.371. The first-order valence-electron chi connectivity index (χ1n) is 3.97. The number of halogens is 2. The maximum Gasteiger partial charge on any atom is 0.294 e. The smallest absolute Gasteiger partial charge is 0.294 e. The lowest BCUT2D eigenvalue weighted by molar-refractivity contribution is -0.384. The van der Waals surface area contributed by atoms with Crippen molar-refractivity contribution in [3.8, 4) is 0 Å². The number of H-pyrrole nitrogens is 1. The molecule has 1 aromatic carbocycles. The van der Waals surface area contributed by atoms with Crippen LogP contribution < -0.4 is 0 Å². The third kappa shape index (κ3) is 2.65. The van der Waals surface area contributed by atoms with E-state index in [0.29, 0.717) is 5.52 Å². The molecule has 7 nitrogen and oxygen atoms in total. The second kappa shape index (κ2) is 4.47. The number of hydrogen-bond donors (Lipinski definition) is 1. The molecule has 2 rings (SSSR count). The van der Waals surface area contributed by atoms with E-state index in [2.05, 4.69) is 9.97 Å². The Kier molecular flexibility index (Phi) is 3.60. The van der Waals surface area contributed by atoms with E-state index in [1.54, 1.807) is 0 Å². The SMILES string of the molecule is Cl.O=[N+]([O-])c1ccc2[nH]c(S(=O)(=O)Cl)nc2c1. The van der Waals surface area contributed by atoms with Gasteiger partial charge < -0.3 is 4.98 Å². The summed E-state index contributed by atoms with van der Waals surface area (Å²) in [6.45, 7) is 0. The topological polar surface area (TPSA) is 106 Å². The molecule has 1 heterocycles. The fourth-order valence-electron chi connectivity index (χ4n) is 1.20. The Labute approximate surface area is 106 Å². The molecule has 1 aromatic heterocycles. The largest absolute Gasteiger partial charge is 0.328 e. The molecule has 0 saturated heterocycles. The summed E-state index contributed by atoms with van der Waals surface area (Å²) in [7, 11) is 1.11. The quantitative estimate of drug-likeness (QED) is 0.517. The van der Waals surface area contributed by atoms with Crippen molar-refractivity contribution in [1.29, 1.82) is 0 Å². The Morgan fingerprint density at radius 2 is 2.06 bits per heavy atom. The summed E-state index contributed by atoms with van der Waals surface area (Å²) in [5, 5.41) is 10.0. The van der Waals surface area contributed by atoms with Crippen LogP contribution in [0, 0.1) is 10.1 Å². The number of aromatic nitrogens is 2. The molecular weight excluding hydrogens is 293 g/mol. The van der Waals surface area contributed by atoms with E-state index in [4.69, 9.17) is 10.7 Å². The summed E-state index contributed by atoms with van der Waals surface area (Å²) in [6.07, 6.45) is 0. The summed E-state index contributed by atoms with van der Waals surface area (Å²) in [5.74, 6) is 0. The van der Waals surface area contributed by atoms with Crippen molar-refractivity contribution in [3.05, 3.63) is 28.3 Å². The van der Waals surface area contributed by atoms with Crippen LogP contribution in [-0.4, -0.2) is 23.3 Å². The Balaban J connectivity index is 0.00000144. The number of hydrogen-bond acceptors (Lipinski definition) is 5. The zero-order valence-electron chi connectivity index (χ0n) is 7.95. The minimum absolute atomic E-state index is 0. The number of aromatic amines is 1. The van der Waals surface area contributed by atoms with Crippen molar-refractivity contribution in [2.45, 2.75) is 5.16 Å². The van der Waals surface area contributed by atoms with Crippen LogP contribution in [0.5, 0.6) is 0 Å². The normalized spacial score (nSPS) is 11.1. The standard InChI is InChI=1S/C7H4ClN3O4S.ClH/c8-16(14,15)7-9-5-2-1-4(11(12)13)3-6(5)10-7;/h1-3H,(H,9,10);1H. The van der Waals surface area contributed by atoms with Crippen LogP contribution in [0.2, 0.25) is 0 Å². The molecule has 0 aliphatic heterocycles. The number of nitro benzene ring substituents is 1. The van der Waals surface area contributed by atoms with E-state index in [1.165, 1.54) is 12.1 Å². The molecule has 0 spiro atoms. The zero-order valence-corrected chi connectivity index (χ0v) is 10.3. The first-order valence-corrected chi connectivity index (χ1v) is 6.28. The zero-order chi connectivity index (χ0) is 11.9. The van der Waals surface area contributed by atoms with Crippen LogP contribution in [0.25, 0.3) is 11.0 Å². The van der Waals surface area contributed by atoms with Gasteiger partial charge in [-0.25, -0.2) is 13.4 Å². The summed E-state index contributed by atoms with van der Waals surface area (Å²) in [4.78, 5) is 16.0. The second-order valence-corrected chi connectivity index (χ2v) is 5.42. The number of fused-ring (bicyclic) bond motifs is 1. The monoisotopic (exact) mass is 297 g/mol. The molecule has 0 aliphatic rings. The van der Waals surface area contributed by atoms with E-state index in [1.807, 2.05) is 0 Å². The number of nitro groups is 1. The molecule has 0 aliphatic carbocycles. The summed E-state index contributed by atoms with van der Waals surface area (Å²) < 4.78 is 21.9. The molecule has 0 fully saturated rings. The Bertz CT molecular complexity index is 681. The minimum Gasteiger partial charge on any atom is -0.328 e. The second-order valence-electron chi connectivity index (χ2n) is 2.94. The molecule has 17 heavy (non-hydrogen) atoms. The van der Waals surface area contributed by atoms with Crippen molar-refractivity contribution < 1.29 is 13.3 Å². The molecule has 1 N–H and O–H groups in total. The highest BCUT2D eigenvalue weighted by molar-refractivity contribution is 8.13. The van der Waals surface area contributed by atoms with Crippen molar-refractivity contribution in [2.24, 2.45) is 0 Å². The van der Waals surface area contributed by atoms with Gasteiger partial charge in [-0.15, -0.1) is 12.4 Å². The number of nitrogens with one attached hydrogen (secondary N) is 1. The lowest BCUT2D eigenvalue weighted by atomic mass is 10.3. The average Bonchev–Trinajstić information content (AvgIpc) is 2.58. The van der Waals surface area contributed by atoms with Gasteiger partial charge in [0.15, 0.2) is 0 Å². The fraction of sp³-hybridized carbons (Fsp3) is 0. The van der Waals surface area contributed by atoms with Crippen LogP contribution in [0.3, 0.4) is 0 Å². The minimum atomic E-state index is -3.96. The predicted molar refractivity (Wildman–Crippen MR) is 63.0 cm³/mol. The molecule has 0 radical (unpaired) electrons. The van der Waals surface area contributed by atoms with Gasteiger partial charge in [-0.3, -0.25) is 10.1 Å². The highest BCUT2D eigenvalue weighted by atomic mass is 35.7. The van der Waals surface area contributed by atoms with Gasteiger partial charge >= 0.3 is 0 Å². The number of non-ortho nitro benzene ring substituents is 1. The Hall–Kier alpha value is -1.38. The van der Waals surface area contributed by atoms with Gasteiger partial charge in [0.1, 0.15) is 0 Å². The van der Waals surface area contributed by atoms with Gasteiger partial charge in [0.25, 0.3) is 14.7 Å². The third-order valence-electron chi connectivity index (χ3n) is 1.89. The number of rotatable bonds is 2. The van der Waals surface area contributed by atoms with Crippen molar-refractivity contribution >= 4 is 48.9 Å². The van der Waals surface area contributed by atoms with E-state index in [9.17, 15) is 18.5 Å².